The van der Waals surface area contributed by atoms with Crippen molar-refractivity contribution in [2.45, 2.75) is 32.4 Å². The Morgan fingerprint density at radius 1 is 1.77 bits per heavy atom. The number of morpholine rings is 1. The molecule has 1 rings (SSSR count). The lowest BCUT2D eigenvalue weighted by Crippen LogP contribution is -2.52. The first-order valence-electron chi connectivity index (χ1n) is 4.80. The maximum atomic E-state index is 11.4. The van der Waals surface area contributed by atoms with E-state index in [1.54, 1.807) is 0 Å². The molecule has 1 heterocycles. The minimum absolute atomic E-state index is 0.0201. The molecule has 0 bridgehead atoms. The van der Waals surface area contributed by atoms with Crippen LogP contribution in [-0.4, -0.2) is 42.6 Å². The lowest BCUT2D eigenvalue weighted by Gasteiger charge is -2.36. The average Bonchev–Trinajstić information content (AvgIpc) is 2.17. The number of nitrogens with zero attached hydrogens (tertiary/aromatic N) is 1. The SMILES string of the molecule is CCC(C)N1CC(CN)OCC1=O. The number of rotatable bonds is 3. The topological polar surface area (TPSA) is 55.6 Å². The fourth-order valence-electron chi connectivity index (χ4n) is 1.43. The number of carbonyl (C=O) groups excluding carboxylic acids is 1. The molecule has 4 heteroatoms. The van der Waals surface area contributed by atoms with Gasteiger partial charge in [0.25, 0.3) is 0 Å². The Bertz CT molecular complexity index is 184. The van der Waals surface area contributed by atoms with Crippen LogP contribution in [0.4, 0.5) is 0 Å². The minimum Gasteiger partial charge on any atom is -0.365 e. The summed E-state index contributed by atoms with van der Waals surface area (Å²) in [5.41, 5.74) is 5.49. The second kappa shape index (κ2) is 4.58. The number of hydrogen-bond donors (Lipinski definition) is 1. The molecule has 76 valence electrons. The Balaban J connectivity index is 2.54. The summed E-state index contributed by atoms with van der Waals surface area (Å²) in [4.78, 5) is 13.3. The molecule has 2 atom stereocenters. The highest BCUT2D eigenvalue weighted by atomic mass is 16.5. The van der Waals surface area contributed by atoms with E-state index >= 15 is 0 Å². The minimum atomic E-state index is 0.0201. The number of ether oxygens (including phenoxy) is 1. The Hall–Kier alpha value is -0.610. The molecule has 0 aliphatic carbocycles. The third kappa shape index (κ3) is 2.42. The van der Waals surface area contributed by atoms with Crippen LogP contribution in [0.3, 0.4) is 0 Å². The second-order valence-electron chi connectivity index (χ2n) is 3.47. The fourth-order valence-corrected chi connectivity index (χ4v) is 1.43. The number of carbonyl (C=O) groups is 1. The van der Waals surface area contributed by atoms with Crippen molar-refractivity contribution >= 4 is 5.91 Å². The molecule has 13 heavy (non-hydrogen) atoms. The average molecular weight is 186 g/mol. The zero-order valence-electron chi connectivity index (χ0n) is 8.32. The highest BCUT2D eigenvalue weighted by Gasteiger charge is 2.27. The van der Waals surface area contributed by atoms with E-state index in [0.717, 1.165) is 6.42 Å². The van der Waals surface area contributed by atoms with Crippen molar-refractivity contribution in [3.63, 3.8) is 0 Å². The van der Waals surface area contributed by atoms with Crippen LogP contribution in [0.25, 0.3) is 0 Å². The zero-order valence-corrected chi connectivity index (χ0v) is 8.32. The molecule has 1 aliphatic heterocycles. The van der Waals surface area contributed by atoms with E-state index in [2.05, 4.69) is 13.8 Å². The smallest absolute Gasteiger partial charge is 0.248 e. The van der Waals surface area contributed by atoms with Gasteiger partial charge in [0.1, 0.15) is 6.61 Å². The molecule has 1 saturated heterocycles. The summed E-state index contributed by atoms with van der Waals surface area (Å²) in [6.07, 6.45) is 0.995. The lowest BCUT2D eigenvalue weighted by atomic mass is 10.1. The Morgan fingerprint density at radius 2 is 2.46 bits per heavy atom. The molecule has 0 saturated carbocycles. The summed E-state index contributed by atoms with van der Waals surface area (Å²) in [6, 6.07) is 0.297. The van der Waals surface area contributed by atoms with Gasteiger partial charge in [-0.25, -0.2) is 0 Å². The summed E-state index contributed by atoms with van der Waals surface area (Å²) in [6.45, 7) is 5.44. The molecule has 0 aromatic carbocycles. The van der Waals surface area contributed by atoms with E-state index in [4.69, 9.17) is 10.5 Å². The van der Waals surface area contributed by atoms with E-state index < -0.39 is 0 Å². The number of nitrogens with two attached hydrogens (primary N) is 1. The van der Waals surface area contributed by atoms with Crippen LogP contribution in [0, 0.1) is 0 Å². The third-order valence-corrected chi connectivity index (χ3v) is 2.55. The van der Waals surface area contributed by atoms with Gasteiger partial charge in [0, 0.05) is 19.1 Å². The van der Waals surface area contributed by atoms with Crippen molar-refractivity contribution in [2.24, 2.45) is 5.73 Å². The van der Waals surface area contributed by atoms with E-state index in [0.29, 0.717) is 19.1 Å². The van der Waals surface area contributed by atoms with Gasteiger partial charge in [-0.05, 0) is 13.3 Å². The molecule has 0 aromatic rings. The predicted molar refractivity (Wildman–Crippen MR) is 50.3 cm³/mol. The van der Waals surface area contributed by atoms with Crippen molar-refractivity contribution in [1.29, 1.82) is 0 Å². The summed E-state index contributed by atoms with van der Waals surface area (Å²) < 4.78 is 5.25. The van der Waals surface area contributed by atoms with Gasteiger partial charge < -0.3 is 15.4 Å². The van der Waals surface area contributed by atoms with E-state index in [-0.39, 0.29) is 18.6 Å². The van der Waals surface area contributed by atoms with E-state index in [1.807, 2.05) is 4.90 Å². The fraction of sp³-hybridized carbons (Fsp3) is 0.889. The van der Waals surface area contributed by atoms with Crippen LogP contribution in [-0.2, 0) is 9.53 Å². The van der Waals surface area contributed by atoms with Crippen LogP contribution >= 0.6 is 0 Å². The molecule has 0 radical (unpaired) electrons. The normalized spacial score (nSPS) is 26.2. The molecule has 2 N–H and O–H groups in total. The lowest BCUT2D eigenvalue weighted by molar-refractivity contribution is -0.151. The first-order chi connectivity index (χ1) is 6.19. The van der Waals surface area contributed by atoms with Crippen molar-refractivity contribution < 1.29 is 9.53 Å². The Kier molecular flexibility index (Phi) is 3.69. The molecular formula is C9H18N2O2. The molecule has 1 aliphatic rings. The molecule has 4 nitrogen and oxygen atoms in total. The van der Waals surface area contributed by atoms with Gasteiger partial charge >= 0.3 is 0 Å². The maximum Gasteiger partial charge on any atom is 0.248 e. The number of hydrogen-bond acceptors (Lipinski definition) is 3. The first kappa shape index (κ1) is 10.5. The molecule has 0 aromatic heterocycles. The Labute approximate surface area is 79.0 Å². The van der Waals surface area contributed by atoms with Crippen molar-refractivity contribution in [2.75, 3.05) is 19.7 Å². The van der Waals surface area contributed by atoms with Gasteiger partial charge in [-0.2, -0.15) is 0 Å². The summed E-state index contributed by atoms with van der Waals surface area (Å²) >= 11 is 0. The molecular weight excluding hydrogens is 168 g/mol. The summed E-state index contributed by atoms with van der Waals surface area (Å²) in [5.74, 6) is 0.0825. The molecule has 1 amide bonds. The molecule has 1 fully saturated rings. The van der Waals surface area contributed by atoms with Gasteiger partial charge in [-0.1, -0.05) is 6.92 Å². The third-order valence-electron chi connectivity index (χ3n) is 2.55. The summed E-state index contributed by atoms with van der Waals surface area (Å²) in [5, 5.41) is 0. The zero-order chi connectivity index (χ0) is 9.84. The van der Waals surface area contributed by atoms with Gasteiger partial charge in [0.05, 0.1) is 6.10 Å². The Morgan fingerprint density at radius 3 is 3.00 bits per heavy atom. The largest absolute Gasteiger partial charge is 0.365 e. The van der Waals surface area contributed by atoms with E-state index in [9.17, 15) is 4.79 Å². The number of amides is 1. The van der Waals surface area contributed by atoms with Gasteiger partial charge in [0.15, 0.2) is 0 Å². The van der Waals surface area contributed by atoms with Crippen molar-refractivity contribution in [3.05, 3.63) is 0 Å². The highest BCUT2D eigenvalue weighted by molar-refractivity contribution is 5.78. The quantitative estimate of drug-likeness (QED) is 0.673. The standard InChI is InChI=1S/C9H18N2O2/c1-3-7(2)11-5-8(4-10)13-6-9(11)12/h7-8H,3-6,10H2,1-2H3. The van der Waals surface area contributed by atoms with Crippen LogP contribution in [0.5, 0.6) is 0 Å². The van der Waals surface area contributed by atoms with Crippen molar-refractivity contribution in [3.8, 4) is 0 Å². The predicted octanol–water partition coefficient (Wildman–Crippen LogP) is -0.0290. The van der Waals surface area contributed by atoms with Crippen LogP contribution < -0.4 is 5.73 Å². The first-order valence-corrected chi connectivity index (χ1v) is 4.80. The van der Waals surface area contributed by atoms with Crippen LogP contribution in [0.2, 0.25) is 0 Å². The van der Waals surface area contributed by atoms with E-state index in [1.165, 1.54) is 0 Å². The van der Waals surface area contributed by atoms with Gasteiger partial charge in [-0.15, -0.1) is 0 Å². The summed E-state index contributed by atoms with van der Waals surface area (Å²) in [7, 11) is 0. The monoisotopic (exact) mass is 186 g/mol. The molecule has 0 spiro atoms. The van der Waals surface area contributed by atoms with Crippen LogP contribution in [0.15, 0.2) is 0 Å². The van der Waals surface area contributed by atoms with Crippen molar-refractivity contribution in [1.82, 2.24) is 4.90 Å². The van der Waals surface area contributed by atoms with Gasteiger partial charge in [-0.3, -0.25) is 4.79 Å². The maximum absolute atomic E-state index is 11.4. The second-order valence-corrected chi connectivity index (χ2v) is 3.47. The molecule has 2 unspecified atom stereocenters. The van der Waals surface area contributed by atoms with Gasteiger partial charge in [0.2, 0.25) is 5.91 Å². The highest BCUT2D eigenvalue weighted by Crippen LogP contribution is 2.11. The van der Waals surface area contributed by atoms with Crippen LogP contribution in [0.1, 0.15) is 20.3 Å².